The minimum Gasteiger partial charge on any atom is -0.398 e. The van der Waals surface area contributed by atoms with Crippen LogP contribution >= 0.6 is 0 Å². The van der Waals surface area contributed by atoms with Gasteiger partial charge in [-0.25, -0.2) is 4.39 Å². The number of halogens is 1. The number of nitriles is 1. The van der Waals surface area contributed by atoms with Gasteiger partial charge in [0, 0.05) is 17.3 Å². The first-order chi connectivity index (χ1) is 6.15. The summed E-state index contributed by atoms with van der Waals surface area (Å²) in [6.45, 7) is 1.81. The van der Waals surface area contributed by atoms with Crippen LogP contribution in [0.5, 0.6) is 0 Å². The minimum absolute atomic E-state index is 0.291. The smallest absolute Gasteiger partial charge is 0.123 e. The molecule has 66 valence electrons. The third-order valence-electron chi connectivity index (χ3n) is 1.73. The van der Waals surface area contributed by atoms with Crippen molar-refractivity contribution in [2.45, 2.75) is 6.92 Å². The number of allylic oxidation sites excluding steroid dienone is 1. The van der Waals surface area contributed by atoms with Gasteiger partial charge in [-0.3, -0.25) is 0 Å². The second kappa shape index (κ2) is 3.72. The van der Waals surface area contributed by atoms with E-state index in [1.54, 1.807) is 12.1 Å². The highest BCUT2D eigenvalue weighted by Gasteiger charge is 2.02. The van der Waals surface area contributed by atoms with Crippen molar-refractivity contribution in [3.63, 3.8) is 0 Å². The summed E-state index contributed by atoms with van der Waals surface area (Å²) in [5.74, 6) is -0.352. The van der Waals surface area contributed by atoms with Gasteiger partial charge in [0.05, 0.1) is 6.07 Å². The molecule has 2 N–H and O–H groups in total. The van der Waals surface area contributed by atoms with Crippen molar-refractivity contribution in [2.24, 2.45) is 5.73 Å². The maximum Gasteiger partial charge on any atom is 0.123 e. The van der Waals surface area contributed by atoms with Gasteiger partial charge in [0.15, 0.2) is 0 Å². The van der Waals surface area contributed by atoms with Gasteiger partial charge in [-0.15, -0.1) is 0 Å². The Bertz CT molecular complexity index is 388. The lowest BCUT2D eigenvalue weighted by Gasteiger charge is -2.04. The first-order valence-electron chi connectivity index (χ1n) is 3.77. The summed E-state index contributed by atoms with van der Waals surface area (Å²) in [6.07, 6.45) is 1.20. The van der Waals surface area contributed by atoms with E-state index >= 15 is 0 Å². The molecule has 0 aliphatic heterocycles. The Morgan fingerprint density at radius 2 is 2.31 bits per heavy atom. The van der Waals surface area contributed by atoms with Crippen molar-refractivity contribution >= 4 is 5.70 Å². The fraction of sp³-hybridized carbons (Fsp3) is 0.100. The van der Waals surface area contributed by atoms with Gasteiger partial charge in [0.2, 0.25) is 0 Å². The average Bonchev–Trinajstić information content (AvgIpc) is 2.09. The van der Waals surface area contributed by atoms with Crippen LogP contribution in [0.2, 0.25) is 0 Å². The summed E-state index contributed by atoms with van der Waals surface area (Å²) >= 11 is 0. The third-order valence-corrected chi connectivity index (χ3v) is 1.73. The highest BCUT2D eigenvalue weighted by molar-refractivity contribution is 5.67. The molecule has 13 heavy (non-hydrogen) atoms. The molecule has 0 aromatic heterocycles. The molecule has 0 fully saturated rings. The molecule has 1 aromatic carbocycles. The van der Waals surface area contributed by atoms with Gasteiger partial charge >= 0.3 is 0 Å². The van der Waals surface area contributed by atoms with E-state index in [0.29, 0.717) is 11.3 Å². The van der Waals surface area contributed by atoms with Gasteiger partial charge < -0.3 is 5.73 Å². The molecule has 1 rings (SSSR count). The normalized spacial score (nSPS) is 11.0. The maximum absolute atomic E-state index is 12.8. The van der Waals surface area contributed by atoms with Crippen LogP contribution in [-0.4, -0.2) is 0 Å². The van der Waals surface area contributed by atoms with Crippen molar-refractivity contribution in [2.75, 3.05) is 0 Å². The number of aryl methyl sites for hydroxylation is 1. The second-order valence-electron chi connectivity index (χ2n) is 2.69. The molecule has 0 aliphatic carbocycles. The molecule has 0 saturated heterocycles. The topological polar surface area (TPSA) is 49.8 Å². The third kappa shape index (κ3) is 2.06. The largest absolute Gasteiger partial charge is 0.398 e. The van der Waals surface area contributed by atoms with Crippen LogP contribution in [0.3, 0.4) is 0 Å². The summed E-state index contributed by atoms with van der Waals surface area (Å²) in [7, 11) is 0. The predicted octanol–water partition coefficient (Wildman–Crippen LogP) is 1.96. The summed E-state index contributed by atoms with van der Waals surface area (Å²) < 4.78 is 12.8. The molecule has 0 amide bonds. The first-order valence-corrected chi connectivity index (χ1v) is 3.77. The van der Waals surface area contributed by atoms with Gasteiger partial charge in [0.25, 0.3) is 0 Å². The number of nitrogens with two attached hydrogens (primary N) is 1. The molecule has 0 unspecified atom stereocenters. The SMILES string of the molecule is Cc1ccc(F)cc1/C(N)=C/C#N. The van der Waals surface area contributed by atoms with Crippen LogP contribution in [0, 0.1) is 24.1 Å². The Kier molecular flexibility index (Phi) is 2.65. The molecule has 0 radical (unpaired) electrons. The Morgan fingerprint density at radius 3 is 2.92 bits per heavy atom. The Labute approximate surface area is 76.1 Å². The van der Waals surface area contributed by atoms with E-state index in [9.17, 15) is 4.39 Å². The highest BCUT2D eigenvalue weighted by Crippen LogP contribution is 2.15. The molecule has 0 bridgehead atoms. The molecule has 0 aliphatic rings. The number of benzene rings is 1. The van der Waals surface area contributed by atoms with Crippen molar-refractivity contribution in [3.8, 4) is 6.07 Å². The lowest BCUT2D eigenvalue weighted by Crippen LogP contribution is -1.99. The van der Waals surface area contributed by atoms with Crippen molar-refractivity contribution in [1.82, 2.24) is 0 Å². The summed E-state index contributed by atoms with van der Waals surface area (Å²) in [4.78, 5) is 0. The lowest BCUT2D eigenvalue weighted by molar-refractivity contribution is 0.627. The Balaban J connectivity index is 3.22. The summed E-state index contributed by atoms with van der Waals surface area (Å²) in [6, 6.07) is 6.11. The van der Waals surface area contributed by atoms with Gasteiger partial charge in [0.1, 0.15) is 5.82 Å². The number of hydrogen-bond acceptors (Lipinski definition) is 2. The van der Waals surface area contributed by atoms with Crippen molar-refractivity contribution in [3.05, 3.63) is 41.2 Å². The molecular formula is C10H9FN2. The number of hydrogen-bond donors (Lipinski definition) is 1. The molecule has 0 heterocycles. The van der Waals surface area contributed by atoms with Crippen LogP contribution < -0.4 is 5.73 Å². The highest BCUT2D eigenvalue weighted by atomic mass is 19.1. The van der Waals surface area contributed by atoms with Crippen molar-refractivity contribution < 1.29 is 4.39 Å². The molecule has 3 heteroatoms. The zero-order valence-electron chi connectivity index (χ0n) is 7.21. The van der Waals surface area contributed by atoms with E-state index in [0.717, 1.165) is 5.56 Å². The summed E-state index contributed by atoms with van der Waals surface area (Å²) in [5, 5.41) is 8.36. The molecule has 1 aromatic rings. The molecule has 0 saturated carbocycles. The molecular weight excluding hydrogens is 167 g/mol. The van der Waals surface area contributed by atoms with Gasteiger partial charge in [-0.2, -0.15) is 5.26 Å². The lowest BCUT2D eigenvalue weighted by atomic mass is 10.1. The fourth-order valence-corrected chi connectivity index (χ4v) is 1.05. The maximum atomic E-state index is 12.8. The monoisotopic (exact) mass is 176 g/mol. The first kappa shape index (κ1) is 9.27. The van der Waals surface area contributed by atoms with Gasteiger partial charge in [-0.05, 0) is 24.6 Å². The van der Waals surface area contributed by atoms with E-state index in [2.05, 4.69) is 0 Å². The van der Waals surface area contributed by atoms with Crippen LogP contribution in [0.15, 0.2) is 24.3 Å². The van der Waals surface area contributed by atoms with E-state index in [1.807, 2.05) is 6.92 Å². The minimum atomic E-state index is -0.352. The molecule has 0 atom stereocenters. The van der Waals surface area contributed by atoms with E-state index in [1.165, 1.54) is 18.2 Å². The number of rotatable bonds is 1. The Morgan fingerprint density at radius 1 is 1.62 bits per heavy atom. The number of nitrogens with zero attached hydrogens (tertiary/aromatic N) is 1. The van der Waals surface area contributed by atoms with Crippen LogP contribution in [0.1, 0.15) is 11.1 Å². The quantitative estimate of drug-likeness (QED) is 0.665. The van der Waals surface area contributed by atoms with Crippen molar-refractivity contribution in [1.29, 1.82) is 5.26 Å². The molecule has 0 spiro atoms. The van der Waals surface area contributed by atoms with Crippen LogP contribution in [0.25, 0.3) is 5.70 Å². The molecule has 2 nitrogen and oxygen atoms in total. The zero-order chi connectivity index (χ0) is 9.84. The van der Waals surface area contributed by atoms with E-state index < -0.39 is 0 Å². The summed E-state index contributed by atoms with van der Waals surface area (Å²) in [5.41, 5.74) is 7.26. The predicted molar refractivity (Wildman–Crippen MR) is 48.9 cm³/mol. The average molecular weight is 176 g/mol. The zero-order valence-corrected chi connectivity index (χ0v) is 7.21. The Hall–Kier alpha value is -1.82. The van der Waals surface area contributed by atoms with Crippen LogP contribution in [-0.2, 0) is 0 Å². The fourth-order valence-electron chi connectivity index (χ4n) is 1.05. The van der Waals surface area contributed by atoms with Crippen LogP contribution in [0.4, 0.5) is 4.39 Å². The second-order valence-corrected chi connectivity index (χ2v) is 2.69. The van der Waals surface area contributed by atoms with E-state index in [4.69, 9.17) is 11.0 Å². The van der Waals surface area contributed by atoms with Gasteiger partial charge in [-0.1, -0.05) is 6.07 Å². The van der Waals surface area contributed by atoms with E-state index in [-0.39, 0.29) is 5.82 Å². The standard InChI is InChI=1S/C10H9FN2/c1-7-2-3-8(11)6-9(7)10(13)4-5-12/h2-4,6H,13H2,1H3/b10-4-.